The molecule has 0 fully saturated rings. The Kier molecular flexibility index (Phi) is 9.09. The van der Waals surface area contributed by atoms with Crippen LogP contribution in [0.15, 0.2) is 315 Å². The van der Waals surface area contributed by atoms with Crippen molar-refractivity contribution in [3.63, 3.8) is 0 Å². The van der Waals surface area contributed by atoms with Gasteiger partial charge in [-0.3, -0.25) is 13.7 Å². The van der Waals surface area contributed by atoms with Crippen LogP contribution in [0.5, 0.6) is 11.5 Å². The Morgan fingerprint density at radius 2 is 0.947 bits per heavy atom. The molecule has 0 unspecified atom stereocenters. The first kappa shape index (κ1) is 39.2. The van der Waals surface area contributed by atoms with Crippen LogP contribution in [0, 0.1) is 6.33 Å². The van der Waals surface area contributed by atoms with E-state index in [9.17, 15) is 12.3 Å². The number of hydrogen-bond donors (Lipinski definition) is 0. The summed E-state index contributed by atoms with van der Waals surface area (Å²) in [5.41, 5.74) is 7.17. The molecule has 1 aliphatic rings. The van der Waals surface area contributed by atoms with Gasteiger partial charge in [-0.15, -0.1) is 0 Å². The standard InChI is InChI=1S/C88H61N5O/c1-88(2,3)64-46-47-89-84(53-64)93-80-42-20-17-35-72(80)73-45-44-67(55-82(73)93)94-66-31-21-30-65(54-66)90-56-91-86-76(39-23-43-81(86)92-78-40-18-15-33-70(78)71-34-16-19-41-79(71)92)75-38-22-37-68(59-28-11-6-12-29-59)85(75)74-36-14-13-32-69(74)77-51-63(52-83(90)87(77)91)62-49-60(57-24-7-4-8-25-57)48-61(50-62)58-26-9-5-10-27-58/h4-55H,1-3H3/i4D,5D,6D,7D,8D,9D,10D,11D,12D,24D,25D,26D,27D,28D,29D,48D,49D,50D. The van der Waals surface area contributed by atoms with E-state index in [2.05, 4.69) is 66.6 Å². The smallest absolute Gasteiger partial charge is 0.269 e. The molecule has 0 spiro atoms. The van der Waals surface area contributed by atoms with Crippen LogP contribution in [0.25, 0.3) is 155 Å². The summed E-state index contributed by atoms with van der Waals surface area (Å²) in [4.78, 5) is 4.92. The molecule has 0 N–H and O–H groups in total. The van der Waals surface area contributed by atoms with E-state index >= 15 is 0 Å². The van der Waals surface area contributed by atoms with Crippen molar-refractivity contribution in [3.8, 4) is 112 Å². The molecule has 0 saturated heterocycles. The molecule has 18 rings (SSSR count). The summed E-state index contributed by atoms with van der Waals surface area (Å²) in [6.45, 7) is 6.48. The minimum absolute atomic E-state index is 0.0299. The SMILES string of the molecule is [2H]c1c([2H])c([2H])c(-c2cccc3c2-c2ccccc2-c2cc(-c4c([2H])c(-c5c([2H])c([2H])c([2H])c([2H])c5[2H])c([2H])c(-c5c([2H])c([2H])c([2H])c([2H])c5[2H])c4[2H])cc4c2[n+]([c-]n4-c2cccc(Oc4ccc5c6ccccc6n(-c6cc(C(C)(C)C)ccn6)c5c4)c2)-c2c-3cccc2-n2c3ccccc3c3ccccc32)c([2H])c1[2H]. The van der Waals surface area contributed by atoms with E-state index in [4.69, 9.17) is 22.1 Å². The van der Waals surface area contributed by atoms with Gasteiger partial charge < -0.3 is 9.30 Å². The Hall–Kier alpha value is -12.1. The van der Waals surface area contributed by atoms with E-state index in [0.717, 1.165) is 55.0 Å². The monoisotopic (exact) mass is 1220 g/mol. The number of para-hydroxylation sites is 4. The molecule has 6 nitrogen and oxygen atoms in total. The zero-order chi connectivity index (χ0) is 78.3. The number of aromatic nitrogens is 5. The second-order valence-electron chi connectivity index (χ2n) is 24.3. The molecule has 0 atom stereocenters. The van der Waals surface area contributed by atoms with Crippen molar-refractivity contribution in [2.24, 2.45) is 0 Å². The van der Waals surface area contributed by atoms with E-state index in [1.807, 2.05) is 161 Å². The highest BCUT2D eigenvalue weighted by atomic mass is 16.5. The Morgan fingerprint density at radius 1 is 0.404 bits per heavy atom. The summed E-state index contributed by atoms with van der Waals surface area (Å²) in [5, 5.41) is 3.88. The maximum atomic E-state index is 10.6. The zero-order valence-electron chi connectivity index (χ0n) is 68.8. The van der Waals surface area contributed by atoms with E-state index < -0.39 is 131 Å². The van der Waals surface area contributed by atoms with E-state index in [1.54, 1.807) is 24.3 Å². The van der Waals surface area contributed by atoms with Gasteiger partial charge in [0.15, 0.2) is 0 Å². The third-order valence-corrected chi connectivity index (χ3v) is 17.8. The maximum absolute atomic E-state index is 10.6. The molecule has 0 aliphatic carbocycles. The van der Waals surface area contributed by atoms with Crippen LogP contribution in [-0.2, 0) is 5.41 Å². The highest BCUT2D eigenvalue weighted by molar-refractivity contribution is 6.12. The summed E-state index contributed by atoms with van der Waals surface area (Å²) in [7, 11) is 0. The molecule has 6 heteroatoms. The lowest BCUT2D eigenvalue weighted by Gasteiger charge is -2.21. The van der Waals surface area contributed by atoms with Crippen molar-refractivity contribution in [2.45, 2.75) is 26.2 Å². The van der Waals surface area contributed by atoms with Crippen molar-refractivity contribution in [1.29, 1.82) is 0 Å². The topological polar surface area (TPSA) is 40.8 Å². The predicted molar refractivity (Wildman–Crippen MR) is 387 cm³/mol. The van der Waals surface area contributed by atoms with E-state index in [0.29, 0.717) is 73.0 Å². The second-order valence-corrected chi connectivity index (χ2v) is 24.3. The number of benzene rings is 13. The summed E-state index contributed by atoms with van der Waals surface area (Å²) in [6, 6.07) is 51.0. The summed E-state index contributed by atoms with van der Waals surface area (Å²) in [5.74, 6) is 1.60. The summed E-state index contributed by atoms with van der Waals surface area (Å²) >= 11 is 0. The van der Waals surface area contributed by atoms with Crippen molar-refractivity contribution in [3.05, 3.63) is 327 Å². The minimum atomic E-state index is -0.822. The molecule has 13 aromatic carbocycles. The van der Waals surface area contributed by atoms with Gasteiger partial charge in [0.2, 0.25) is 0 Å². The second kappa shape index (κ2) is 21.8. The number of nitrogens with zero attached hydrogens (tertiary/aromatic N) is 5. The van der Waals surface area contributed by atoms with Crippen molar-refractivity contribution in [2.75, 3.05) is 0 Å². The fourth-order valence-corrected chi connectivity index (χ4v) is 13.6. The molecule has 5 heterocycles. The molecular weight excluding hydrogens is 1140 g/mol. The Balaban J connectivity index is 0.990. The Morgan fingerprint density at radius 3 is 1.62 bits per heavy atom. The average molecular weight is 1220 g/mol. The maximum Gasteiger partial charge on any atom is 0.269 e. The van der Waals surface area contributed by atoms with Crippen molar-refractivity contribution >= 4 is 54.6 Å². The Labute approximate surface area is 570 Å². The molecule has 4 aromatic heterocycles. The van der Waals surface area contributed by atoms with Crippen LogP contribution in [-0.4, -0.2) is 18.7 Å². The highest BCUT2D eigenvalue weighted by Crippen LogP contribution is 2.50. The van der Waals surface area contributed by atoms with Gasteiger partial charge >= 0.3 is 0 Å². The van der Waals surface area contributed by atoms with Crippen LogP contribution in [0.2, 0.25) is 0 Å². The van der Waals surface area contributed by atoms with Crippen LogP contribution in [0.3, 0.4) is 0 Å². The zero-order valence-corrected chi connectivity index (χ0v) is 50.8. The van der Waals surface area contributed by atoms with Gasteiger partial charge in [-0.1, -0.05) is 233 Å². The number of rotatable bonds is 9. The lowest BCUT2D eigenvalue weighted by Crippen LogP contribution is -2.32. The lowest BCUT2D eigenvalue weighted by molar-refractivity contribution is -0.571. The number of ether oxygens (including phenoxy) is 1. The Bertz CT molecular complexity index is 6800. The normalized spacial score (nSPS) is 14.7. The van der Waals surface area contributed by atoms with Gasteiger partial charge in [0.1, 0.15) is 17.3 Å². The fraction of sp³-hybridized carbons (Fsp3) is 0.0455. The van der Waals surface area contributed by atoms with Gasteiger partial charge in [-0.2, -0.15) is 0 Å². The molecule has 1 aliphatic heterocycles. The number of pyridine rings is 1. The third kappa shape index (κ3) is 9.01. The van der Waals surface area contributed by atoms with E-state index in [-0.39, 0.29) is 27.7 Å². The molecule has 444 valence electrons. The number of hydrogen-bond acceptors (Lipinski definition) is 2. The van der Waals surface area contributed by atoms with Gasteiger partial charge in [0.25, 0.3) is 6.33 Å². The van der Waals surface area contributed by atoms with Gasteiger partial charge in [0.05, 0.1) is 74.8 Å². The van der Waals surface area contributed by atoms with Crippen molar-refractivity contribution in [1.82, 2.24) is 18.7 Å². The quantitative estimate of drug-likeness (QED) is 0.107. The lowest BCUT2D eigenvalue weighted by atomic mass is 9.84. The highest BCUT2D eigenvalue weighted by Gasteiger charge is 2.30. The molecule has 17 aromatic rings. The van der Waals surface area contributed by atoms with Crippen LogP contribution < -0.4 is 9.30 Å². The van der Waals surface area contributed by atoms with Crippen LogP contribution in [0.4, 0.5) is 0 Å². The van der Waals surface area contributed by atoms with Gasteiger partial charge in [-0.25, -0.2) is 4.98 Å². The molecular formula is C88H61N5O. The first-order valence-electron chi connectivity index (χ1n) is 39.8. The largest absolute Gasteiger partial charge is 0.458 e. The van der Waals surface area contributed by atoms with Gasteiger partial charge in [0, 0.05) is 33.8 Å². The summed E-state index contributed by atoms with van der Waals surface area (Å²) < 4.78 is 183. The number of imidazole rings is 1. The molecule has 0 bridgehead atoms. The first-order chi connectivity index (χ1) is 53.7. The first-order valence-corrected chi connectivity index (χ1v) is 30.8. The average Bonchev–Trinajstić information content (AvgIpc) is 0.911. The van der Waals surface area contributed by atoms with Gasteiger partial charge in [-0.05, 0) is 180 Å². The number of fused-ring (bicyclic) bond motifs is 13. The molecule has 0 radical (unpaired) electrons. The predicted octanol–water partition coefficient (Wildman–Crippen LogP) is 22.4. The van der Waals surface area contributed by atoms with E-state index in [1.165, 1.54) is 0 Å². The molecule has 94 heavy (non-hydrogen) atoms. The molecule has 0 saturated carbocycles. The minimum Gasteiger partial charge on any atom is -0.458 e. The third-order valence-electron chi connectivity index (χ3n) is 17.8. The van der Waals surface area contributed by atoms with Crippen molar-refractivity contribution < 1.29 is 34.0 Å². The van der Waals surface area contributed by atoms with Crippen LogP contribution in [0.1, 0.15) is 51.0 Å². The van der Waals surface area contributed by atoms with Crippen LogP contribution >= 0.6 is 0 Å². The molecule has 0 amide bonds. The fourth-order valence-electron chi connectivity index (χ4n) is 13.6. The summed E-state index contributed by atoms with van der Waals surface area (Å²) in [6.07, 6.45) is 5.68.